The number of hydrogen-bond acceptors (Lipinski definition) is 6. The quantitative estimate of drug-likeness (QED) is 0.324. The second-order valence-electron chi connectivity index (χ2n) is 8.23. The zero-order valence-corrected chi connectivity index (χ0v) is 19.2. The highest BCUT2D eigenvalue weighted by Crippen LogP contribution is 2.19. The van der Waals surface area contributed by atoms with Gasteiger partial charge in [0.25, 0.3) is 5.91 Å². The van der Waals surface area contributed by atoms with Gasteiger partial charge in [-0.3, -0.25) is 19.8 Å². The fourth-order valence-electron chi connectivity index (χ4n) is 3.72. The molecule has 174 valence electrons. The summed E-state index contributed by atoms with van der Waals surface area (Å²) in [4.78, 5) is 30.5. The number of para-hydroxylation sites is 1. The minimum atomic E-state index is -0.553. The maximum absolute atomic E-state index is 12.6. The molecule has 0 fully saturated rings. The number of fused-ring (bicyclic) bond motifs is 1. The minimum absolute atomic E-state index is 0.0230. The number of likely N-dealkylation sites (N-methyl/N-ethyl adjacent to an activating group) is 1. The summed E-state index contributed by atoms with van der Waals surface area (Å²) in [5, 5.41) is 12.7. The zero-order chi connectivity index (χ0) is 23.8. The molecule has 0 radical (unpaired) electrons. The first-order chi connectivity index (χ1) is 15.9. The molecule has 1 heterocycles. The van der Waals surface area contributed by atoms with Gasteiger partial charge in [-0.05, 0) is 63.0 Å². The lowest BCUT2D eigenvalue weighted by molar-refractivity contribution is -0.129. The lowest BCUT2D eigenvalue weighted by Crippen LogP contribution is -2.44. The molecule has 3 aromatic rings. The number of benzene rings is 2. The summed E-state index contributed by atoms with van der Waals surface area (Å²) in [6.07, 6.45) is 0.718. The van der Waals surface area contributed by atoms with Crippen LogP contribution < -0.4 is 15.5 Å². The van der Waals surface area contributed by atoms with Crippen molar-refractivity contribution < 1.29 is 19.5 Å². The van der Waals surface area contributed by atoms with Gasteiger partial charge in [-0.1, -0.05) is 18.2 Å². The average molecular weight is 451 g/mol. The molecule has 8 nitrogen and oxygen atoms in total. The number of ether oxygens (including phenoxy) is 1. The molecule has 1 aromatic heterocycles. The molecule has 0 spiro atoms. The van der Waals surface area contributed by atoms with E-state index in [0.29, 0.717) is 24.5 Å². The fourth-order valence-corrected chi connectivity index (χ4v) is 3.72. The maximum atomic E-state index is 12.6. The van der Waals surface area contributed by atoms with Crippen molar-refractivity contribution in [1.82, 2.24) is 20.7 Å². The summed E-state index contributed by atoms with van der Waals surface area (Å²) < 4.78 is 5.89. The molecule has 2 amide bonds. The summed E-state index contributed by atoms with van der Waals surface area (Å²) in [7, 11) is 3.69. The average Bonchev–Trinajstić information content (AvgIpc) is 2.78. The number of pyridine rings is 1. The molecule has 1 atom stereocenters. The van der Waals surface area contributed by atoms with E-state index >= 15 is 0 Å². The van der Waals surface area contributed by atoms with E-state index in [1.807, 2.05) is 44.1 Å². The second kappa shape index (κ2) is 11.4. The van der Waals surface area contributed by atoms with Crippen LogP contribution in [0.5, 0.6) is 5.75 Å². The molecule has 2 aromatic carbocycles. The van der Waals surface area contributed by atoms with Crippen LogP contribution in [-0.4, -0.2) is 60.2 Å². The Morgan fingerprint density at radius 1 is 1.12 bits per heavy atom. The van der Waals surface area contributed by atoms with Crippen molar-refractivity contribution in [3.05, 3.63) is 71.4 Å². The first-order valence-electron chi connectivity index (χ1n) is 10.8. The van der Waals surface area contributed by atoms with E-state index < -0.39 is 11.9 Å². The lowest BCUT2D eigenvalue weighted by Gasteiger charge is -2.21. The summed E-state index contributed by atoms with van der Waals surface area (Å²) in [6.45, 7) is 2.95. The van der Waals surface area contributed by atoms with Crippen LogP contribution in [0.25, 0.3) is 10.9 Å². The van der Waals surface area contributed by atoms with Gasteiger partial charge >= 0.3 is 0 Å². The van der Waals surface area contributed by atoms with E-state index in [-0.39, 0.29) is 12.3 Å². The monoisotopic (exact) mass is 450 g/mol. The zero-order valence-electron chi connectivity index (χ0n) is 19.2. The van der Waals surface area contributed by atoms with Crippen molar-refractivity contribution in [3.63, 3.8) is 0 Å². The van der Waals surface area contributed by atoms with Crippen molar-refractivity contribution in [2.45, 2.75) is 25.8 Å². The molecular weight excluding hydrogens is 420 g/mol. The van der Waals surface area contributed by atoms with E-state index in [9.17, 15) is 9.59 Å². The Morgan fingerprint density at radius 3 is 2.55 bits per heavy atom. The number of carbonyl (C=O) groups excluding carboxylic acids is 2. The topological polar surface area (TPSA) is 104 Å². The molecule has 3 rings (SSSR count). The van der Waals surface area contributed by atoms with E-state index in [2.05, 4.69) is 22.4 Å². The Labute approximate surface area is 193 Å². The highest BCUT2D eigenvalue weighted by Gasteiger charge is 2.18. The fraction of sp³-hybridized carbons (Fsp3) is 0.320. The van der Waals surface area contributed by atoms with Crippen molar-refractivity contribution >= 4 is 22.7 Å². The number of carbonyl (C=O) groups is 2. The van der Waals surface area contributed by atoms with Crippen molar-refractivity contribution in [2.75, 3.05) is 27.2 Å². The van der Waals surface area contributed by atoms with Crippen molar-refractivity contribution in [2.24, 2.45) is 0 Å². The lowest BCUT2D eigenvalue weighted by atomic mass is 10.1. The Morgan fingerprint density at radius 2 is 1.85 bits per heavy atom. The number of rotatable bonds is 10. The van der Waals surface area contributed by atoms with Gasteiger partial charge in [0.2, 0.25) is 5.91 Å². The van der Waals surface area contributed by atoms with Crippen LogP contribution in [0.1, 0.15) is 28.0 Å². The van der Waals surface area contributed by atoms with Crippen molar-refractivity contribution in [1.29, 1.82) is 0 Å². The van der Waals surface area contributed by atoms with E-state index in [4.69, 9.17) is 9.94 Å². The smallest absolute Gasteiger partial charge is 0.251 e. The Hall–Kier alpha value is -3.49. The molecule has 0 aliphatic carbocycles. The Kier molecular flexibility index (Phi) is 8.34. The summed E-state index contributed by atoms with van der Waals surface area (Å²) in [5.74, 6) is -0.174. The number of aryl methyl sites for hydroxylation is 1. The number of amides is 2. The summed E-state index contributed by atoms with van der Waals surface area (Å²) in [6, 6.07) is 16.6. The van der Waals surface area contributed by atoms with Crippen LogP contribution in [-0.2, 0) is 11.2 Å². The third kappa shape index (κ3) is 7.00. The molecular formula is C25H30N4O4. The van der Waals surface area contributed by atoms with Crippen LogP contribution in [0.15, 0.2) is 54.6 Å². The number of nitrogens with zero attached hydrogens (tertiary/aromatic N) is 2. The van der Waals surface area contributed by atoms with Crippen LogP contribution in [0, 0.1) is 6.92 Å². The number of aromatic nitrogens is 1. The van der Waals surface area contributed by atoms with Gasteiger partial charge in [-0.15, -0.1) is 0 Å². The first kappa shape index (κ1) is 24.2. The number of nitrogens with one attached hydrogen (secondary N) is 2. The largest absolute Gasteiger partial charge is 0.493 e. The standard InChI is InChI=1S/C25H30N4O4/c1-17-14-19(22-6-4-5-7-23(22)26-17)12-13-33-21-10-8-18(9-11-21)25(31)27-20(16-29(2)3)15-24(30)28-32/h4-11,14,20,32H,12-13,15-16H2,1-3H3,(H,27,31)(H,28,30)/t20-/m1/s1. The third-order valence-electron chi connectivity index (χ3n) is 5.16. The molecule has 8 heteroatoms. The highest BCUT2D eigenvalue weighted by molar-refractivity contribution is 5.94. The summed E-state index contributed by atoms with van der Waals surface area (Å²) in [5.41, 5.74) is 5.21. The van der Waals surface area contributed by atoms with Gasteiger partial charge < -0.3 is 15.0 Å². The van der Waals surface area contributed by atoms with Gasteiger partial charge in [0, 0.05) is 29.6 Å². The Bertz CT molecular complexity index is 1100. The predicted octanol–water partition coefficient (Wildman–Crippen LogP) is 2.72. The van der Waals surface area contributed by atoms with Crippen LogP contribution in [0.4, 0.5) is 0 Å². The van der Waals surface area contributed by atoms with Crippen LogP contribution in [0.3, 0.4) is 0 Å². The molecule has 0 aliphatic heterocycles. The van der Waals surface area contributed by atoms with Gasteiger partial charge in [-0.25, -0.2) is 5.48 Å². The van der Waals surface area contributed by atoms with Gasteiger partial charge in [0.05, 0.1) is 24.6 Å². The maximum Gasteiger partial charge on any atom is 0.251 e. The molecule has 3 N–H and O–H groups in total. The molecule has 0 saturated heterocycles. The van der Waals surface area contributed by atoms with Gasteiger partial charge in [-0.2, -0.15) is 0 Å². The van der Waals surface area contributed by atoms with Gasteiger partial charge in [0.15, 0.2) is 0 Å². The highest BCUT2D eigenvalue weighted by atomic mass is 16.5. The summed E-state index contributed by atoms with van der Waals surface area (Å²) >= 11 is 0. The van der Waals surface area contributed by atoms with E-state index in [0.717, 1.165) is 23.0 Å². The normalized spacial score (nSPS) is 11.9. The predicted molar refractivity (Wildman–Crippen MR) is 126 cm³/mol. The van der Waals surface area contributed by atoms with E-state index in [1.54, 1.807) is 29.7 Å². The SMILES string of the molecule is Cc1cc(CCOc2ccc(C(=O)N[C@H](CC(=O)NO)CN(C)C)cc2)c2ccccc2n1. The van der Waals surface area contributed by atoms with Crippen LogP contribution in [0.2, 0.25) is 0 Å². The second-order valence-corrected chi connectivity index (χ2v) is 8.23. The van der Waals surface area contributed by atoms with Crippen LogP contribution >= 0.6 is 0 Å². The van der Waals surface area contributed by atoms with Crippen molar-refractivity contribution in [3.8, 4) is 5.75 Å². The Balaban J connectivity index is 1.57. The molecule has 0 aliphatic rings. The number of hydroxylamine groups is 1. The molecule has 0 saturated carbocycles. The molecule has 0 unspecified atom stereocenters. The molecule has 33 heavy (non-hydrogen) atoms. The molecule has 0 bridgehead atoms. The number of hydrogen-bond donors (Lipinski definition) is 3. The van der Waals surface area contributed by atoms with Gasteiger partial charge in [0.1, 0.15) is 5.75 Å². The third-order valence-corrected chi connectivity index (χ3v) is 5.16. The van der Waals surface area contributed by atoms with E-state index in [1.165, 1.54) is 5.56 Å². The minimum Gasteiger partial charge on any atom is -0.493 e. The first-order valence-corrected chi connectivity index (χ1v) is 10.8.